The first kappa shape index (κ1) is 21.2. The van der Waals surface area contributed by atoms with Crippen molar-refractivity contribution in [2.45, 2.75) is 31.7 Å². The molecule has 2 aromatic rings. The number of hydrogen-bond donors (Lipinski definition) is 2. The van der Waals surface area contributed by atoms with Gasteiger partial charge in [-0.25, -0.2) is 4.98 Å². The highest BCUT2D eigenvalue weighted by Crippen LogP contribution is 2.27. The zero-order valence-corrected chi connectivity index (χ0v) is 18.2. The quantitative estimate of drug-likeness (QED) is 0.573. The number of anilines is 1. The number of nitrogens with one attached hydrogen (secondary N) is 1. The fourth-order valence-electron chi connectivity index (χ4n) is 4.69. The van der Waals surface area contributed by atoms with Gasteiger partial charge in [-0.05, 0) is 30.9 Å². The van der Waals surface area contributed by atoms with E-state index in [2.05, 4.69) is 61.5 Å². The third-order valence-corrected chi connectivity index (χ3v) is 6.47. The van der Waals surface area contributed by atoms with Crippen LogP contribution >= 0.6 is 0 Å². The molecule has 0 radical (unpaired) electrons. The molecule has 3 N–H and O–H groups in total. The van der Waals surface area contributed by atoms with Crippen LogP contribution in [0.5, 0.6) is 0 Å². The highest BCUT2D eigenvalue weighted by molar-refractivity contribution is 5.80. The lowest BCUT2D eigenvalue weighted by molar-refractivity contribution is -0.122. The van der Waals surface area contributed by atoms with Gasteiger partial charge in [0.1, 0.15) is 5.82 Å². The van der Waals surface area contributed by atoms with Gasteiger partial charge in [0.15, 0.2) is 5.96 Å². The topological polar surface area (TPSA) is 86.9 Å². The Balaban J connectivity index is 1.37. The Morgan fingerprint density at radius 3 is 2.61 bits per heavy atom. The van der Waals surface area contributed by atoms with E-state index < -0.39 is 0 Å². The molecule has 2 aliphatic rings. The Kier molecular flexibility index (Phi) is 6.70. The standard InChI is InChI=1S/C24H32N6O/c1-26-24(30-15-11-21(17-30)18-6-3-2-4-7-18)28-16-20-8-5-12-27-23(20)29-13-9-19(10-14-29)22(25)31/h2-8,12,19,21H,9-11,13-17H2,1H3,(H2,25,31)(H,26,28). The van der Waals surface area contributed by atoms with E-state index in [4.69, 9.17) is 5.73 Å². The molecule has 164 valence electrons. The second-order valence-electron chi connectivity index (χ2n) is 8.39. The molecule has 7 heteroatoms. The summed E-state index contributed by atoms with van der Waals surface area (Å²) < 4.78 is 0. The van der Waals surface area contributed by atoms with Crippen molar-refractivity contribution in [1.29, 1.82) is 0 Å². The monoisotopic (exact) mass is 420 g/mol. The van der Waals surface area contributed by atoms with E-state index in [1.165, 1.54) is 5.56 Å². The third-order valence-electron chi connectivity index (χ3n) is 6.47. The van der Waals surface area contributed by atoms with Crippen LogP contribution in [-0.4, -0.2) is 55.0 Å². The number of aromatic nitrogens is 1. The molecule has 3 heterocycles. The van der Waals surface area contributed by atoms with Crippen molar-refractivity contribution in [2.75, 3.05) is 38.1 Å². The van der Waals surface area contributed by atoms with Crippen LogP contribution in [-0.2, 0) is 11.3 Å². The maximum Gasteiger partial charge on any atom is 0.220 e. The molecule has 7 nitrogen and oxygen atoms in total. The molecule has 2 saturated heterocycles. The predicted octanol–water partition coefficient (Wildman–Crippen LogP) is 2.35. The molecule has 2 fully saturated rings. The lowest BCUT2D eigenvalue weighted by Gasteiger charge is -2.32. The molecular weight excluding hydrogens is 388 g/mol. The first-order valence-electron chi connectivity index (χ1n) is 11.1. The summed E-state index contributed by atoms with van der Waals surface area (Å²) in [7, 11) is 1.84. The van der Waals surface area contributed by atoms with Crippen molar-refractivity contribution < 1.29 is 4.79 Å². The number of benzene rings is 1. The van der Waals surface area contributed by atoms with Gasteiger partial charge in [-0.15, -0.1) is 0 Å². The van der Waals surface area contributed by atoms with E-state index >= 15 is 0 Å². The van der Waals surface area contributed by atoms with Gasteiger partial charge in [0.05, 0.1) is 0 Å². The first-order valence-corrected chi connectivity index (χ1v) is 11.1. The third kappa shape index (κ3) is 4.98. The van der Waals surface area contributed by atoms with Crippen LogP contribution in [0.15, 0.2) is 53.7 Å². The van der Waals surface area contributed by atoms with Crippen LogP contribution < -0.4 is 16.0 Å². The van der Waals surface area contributed by atoms with E-state index in [-0.39, 0.29) is 11.8 Å². The average molecular weight is 421 g/mol. The molecule has 0 aliphatic carbocycles. The van der Waals surface area contributed by atoms with E-state index in [1.54, 1.807) is 0 Å². The Morgan fingerprint density at radius 1 is 1.13 bits per heavy atom. The van der Waals surface area contributed by atoms with Gasteiger partial charge in [-0.2, -0.15) is 0 Å². The summed E-state index contributed by atoms with van der Waals surface area (Å²) >= 11 is 0. The van der Waals surface area contributed by atoms with E-state index in [9.17, 15) is 4.79 Å². The number of piperidine rings is 1. The molecular formula is C24H32N6O. The number of nitrogens with two attached hydrogens (primary N) is 1. The fraction of sp³-hybridized carbons (Fsp3) is 0.458. The first-order chi connectivity index (χ1) is 15.2. The summed E-state index contributed by atoms with van der Waals surface area (Å²) in [6.45, 7) is 4.25. The Hall–Kier alpha value is -3.09. The molecule has 0 bridgehead atoms. The van der Waals surface area contributed by atoms with Crippen molar-refractivity contribution in [3.05, 3.63) is 59.8 Å². The molecule has 1 aromatic carbocycles. The lowest BCUT2D eigenvalue weighted by atomic mass is 9.96. The van der Waals surface area contributed by atoms with Gasteiger partial charge in [0.25, 0.3) is 0 Å². The molecule has 1 aromatic heterocycles. The average Bonchev–Trinajstić information content (AvgIpc) is 3.30. The molecule has 4 rings (SSSR count). The maximum absolute atomic E-state index is 11.5. The Labute approximate surface area is 184 Å². The number of guanidine groups is 1. The normalized spacial score (nSPS) is 20.2. The van der Waals surface area contributed by atoms with Crippen molar-refractivity contribution in [3.63, 3.8) is 0 Å². The number of hydrogen-bond acceptors (Lipinski definition) is 4. The minimum absolute atomic E-state index is 0.0203. The number of aliphatic imine (C=N–C) groups is 1. The largest absolute Gasteiger partial charge is 0.369 e. The second-order valence-corrected chi connectivity index (χ2v) is 8.39. The van der Waals surface area contributed by atoms with Crippen LogP contribution in [0, 0.1) is 5.92 Å². The summed E-state index contributed by atoms with van der Waals surface area (Å²) in [5.41, 5.74) is 8.02. The van der Waals surface area contributed by atoms with Gasteiger partial charge in [0.2, 0.25) is 5.91 Å². The minimum Gasteiger partial charge on any atom is -0.369 e. The van der Waals surface area contributed by atoms with Crippen LogP contribution in [0.1, 0.15) is 36.3 Å². The minimum atomic E-state index is -0.189. The van der Waals surface area contributed by atoms with Gasteiger partial charge in [-0.1, -0.05) is 36.4 Å². The maximum atomic E-state index is 11.5. The Bertz CT molecular complexity index is 907. The van der Waals surface area contributed by atoms with Gasteiger partial charge >= 0.3 is 0 Å². The number of nitrogens with zero attached hydrogens (tertiary/aromatic N) is 4. The van der Waals surface area contributed by atoms with Gasteiger partial charge < -0.3 is 20.9 Å². The van der Waals surface area contributed by atoms with E-state index in [1.807, 2.05) is 19.3 Å². The van der Waals surface area contributed by atoms with Crippen molar-refractivity contribution in [3.8, 4) is 0 Å². The van der Waals surface area contributed by atoms with Crippen molar-refractivity contribution in [2.24, 2.45) is 16.6 Å². The molecule has 2 aliphatic heterocycles. The van der Waals surface area contributed by atoms with Gasteiger partial charge in [0, 0.05) is 63.4 Å². The number of carbonyl (C=O) groups excluding carboxylic acids is 1. The van der Waals surface area contributed by atoms with Crippen molar-refractivity contribution >= 4 is 17.7 Å². The number of rotatable bonds is 5. The van der Waals surface area contributed by atoms with Gasteiger partial charge in [-0.3, -0.25) is 9.79 Å². The zero-order chi connectivity index (χ0) is 21.6. The molecule has 1 atom stereocenters. The summed E-state index contributed by atoms with van der Waals surface area (Å²) in [6.07, 6.45) is 4.54. The summed E-state index contributed by atoms with van der Waals surface area (Å²) in [5, 5.41) is 3.54. The smallest absolute Gasteiger partial charge is 0.220 e. The highest BCUT2D eigenvalue weighted by atomic mass is 16.1. The number of primary amides is 1. The highest BCUT2D eigenvalue weighted by Gasteiger charge is 2.27. The number of pyridine rings is 1. The SMILES string of the molecule is CN=C(NCc1cccnc1N1CCC(C(N)=O)CC1)N1CCC(c2ccccc2)C1. The summed E-state index contributed by atoms with van der Waals surface area (Å²) in [5.74, 6) is 2.25. The molecule has 0 spiro atoms. The molecule has 0 saturated carbocycles. The van der Waals surface area contributed by atoms with Crippen LogP contribution in [0.2, 0.25) is 0 Å². The summed E-state index contributed by atoms with van der Waals surface area (Å²) in [6, 6.07) is 14.8. The molecule has 1 unspecified atom stereocenters. The van der Waals surface area contributed by atoms with Crippen LogP contribution in [0.4, 0.5) is 5.82 Å². The van der Waals surface area contributed by atoms with E-state index in [0.29, 0.717) is 12.5 Å². The number of carbonyl (C=O) groups is 1. The Morgan fingerprint density at radius 2 is 1.90 bits per heavy atom. The predicted molar refractivity (Wildman–Crippen MR) is 124 cm³/mol. The van der Waals surface area contributed by atoms with Crippen LogP contribution in [0.3, 0.4) is 0 Å². The lowest BCUT2D eigenvalue weighted by Crippen LogP contribution is -2.41. The summed E-state index contributed by atoms with van der Waals surface area (Å²) in [4.78, 5) is 25.3. The number of amides is 1. The van der Waals surface area contributed by atoms with Crippen molar-refractivity contribution in [1.82, 2.24) is 15.2 Å². The van der Waals surface area contributed by atoms with Crippen LogP contribution in [0.25, 0.3) is 0 Å². The zero-order valence-electron chi connectivity index (χ0n) is 18.2. The number of likely N-dealkylation sites (tertiary alicyclic amines) is 1. The fourth-order valence-corrected chi connectivity index (χ4v) is 4.69. The molecule has 31 heavy (non-hydrogen) atoms. The van der Waals surface area contributed by atoms with E-state index in [0.717, 1.165) is 62.8 Å². The molecule has 1 amide bonds. The second kappa shape index (κ2) is 9.81.